The molecule has 0 aliphatic rings. The fraction of sp³-hybridized carbons (Fsp3) is 0.286. The van der Waals surface area contributed by atoms with E-state index in [9.17, 15) is 14.7 Å². The molecule has 0 aromatic heterocycles. The van der Waals surface area contributed by atoms with Gasteiger partial charge >= 0.3 is 11.9 Å². The number of hydrogen-bond donors (Lipinski definition) is 1. The van der Waals surface area contributed by atoms with Crippen LogP contribution in [-0.4, -0.2) is 30.3 Å². The first-order valence-electron chi connectivity index (χ1n) is 5.94. The number of ether oxygens (including phenoxy) is 2. The summed E-state index contributed by atoms with van der Waals surface area (Å²) in [6.45, 7) is 3.50. The van der Waals surface area contributed by atoms with Crippen molar-refractivity contribution in [3.05, 3.63) is 41.7 Å². The van der Waals surface area contributed by atoms with Gasteiger partial charge < -0.3 is 14.6 Å². The molecule has 0 saturated heterocycles. The monoisotopic (exact) mass is 264 g/mol. The molecule has 5 nitrogen and oxygen atoms in total. The lowest BCUT2D eigenvalue weighted by Gasteiger charge is -2.09. The summed E-state index contributed by atoms with van der Waals surface area (Å²) >= 11 is 0. The molecular formula is C14H16O5. The van der Waals surface area contributed by atoms with Gasteiger partial charge in [-0.25, -0.2) is 9.59 Å². The standard InChI is InChI=1S/C14H16O5/c1-3-18-13(16)11(10-8-6-5-7-9-10)12(15)14(17)19-4-2/h5-9,15H,3-4H2,1-2H3/b12-11+. The summed E-state index contributed by atoms with van der Waals surface area (Å²) in [4.78, 5) is 23.4. The van der Waals surface area contributed by atoms with Crippen molar-refractivity contribution in [3.8, 4) is 0 Å². The zero-order chi connectivity index (χ0) is 14.3. The average molecular weight is 264 g/mol. The van der Waals surface area contributed by atoms with E-state index in [-0.39, 0.29) is 18.8 Å². The SMILES string of the molecule is CCOC(=O)/C(O)=C(\C(=O)OCC)c1ccccc1. The molecule has 0 saturated carbocycles. The van der Waals surface area contributed by atoms with Crippen molar-refractivity contribution in [2.24, 2.45) is 0 Å². The largest absolute Gasteiger partial charge is 0.501 e. The zero-order valence-electron chi connectivity index (χ0n) is 10.9. The maximum Gasteiger partial charge on any atom is 0.374 e. The molecule has 5 heteroatoms. The molecule has 0 aliphatic carbocycles. The van der Waals surface area contributed by atoms with Gasteiger partial charge in [-0.05, 0) is 19.4 Å². The lowest BCUT2D eigenvalue weighted by molar-refractivity contribution is -0.142. The number of esters is 2. The first-order chi connectivity index (χ1) is 9.11. The Balaban J connectivity index is 3.23. The number of benzene rings is 1. The molecule has 0 fully saturated rings. The molecule has 0 bridgehead atoms. The summed E-state index contributed by atoms with van der Waals surface area (Å²) < 4.78 is 9.52. The van der Waals surface area contributed by atoms with Gasteiger partial charge in [0.25, 0.3) is 0 Å². The molecule has 102 valence electrons. The second-order valence-corrected chi connectivity index (χ2v) is 3.53. The minimum atomic E-state index is -0.950. The van der Waals surface area contributed by atoms with E-state index in [1.54, 1.807) is 44.2 Å². The number of aliphatic hydroxyl groups excluding tert-OH is 1. The van der Waals surface area contributed by atoms with Crippen LogP contribution in [0.25, 0.3) is 5.57 Å². The van der Waals surface area contributed by atoms with Gasteiger partial charge in [0.05, 0.1) is 13.2 Å². The van der Waals surface area contributed by atoms with Crippen molar-refractivity contribution in [1.29, 1.82) is 0 Å². The second-order valence-electron chi connectivity index (χ2n) is 3.53. The maximum absolute atomic E-state index is 11.8. The molecule has 1 aromatic carbocycles. The number of aliphatic hydroxyl groups is 1. The van der Waals surface area contributed by atoms with Crippen LogP contribution in [-0.2, 0) is 19.1 Å². The van der Waals surface area contributed by atoms with E-state index in [2.05, 4.69) is 4.74 Å². The third kappa shape index (κ3) is 3.84. The van der Waals surface area contributed by atoms with E-state index in [1.807, 2.05) is 0 Å². The summed E-state index contributed by atoms with van der Waals surface area (Å²) in [5.41, 5.74) is 0.201. The van der Waals surface area contributed by atoms with Gasteiger partial charge in [-0.2, -0.15) is 0 Å². The van der Waals surface area contributed by atoms with Crippen LogP contribution in [0.4, 0.5) is 0 Å². The van der Waals surface area contributed by atoms with Crippen molar-refractivity contribution in [3.63, 3.8) is 0 Å². The van der Waals surface area contributed by atoms with Crippen LogP contribution < -0.4 is 0 Å². The molecule has 0 atom stereocenters. The Morgan fingerprint density at radius 1 is 1.00 bits per heavy atom. The zero-order valence-corrected chi connectivity index (χ0v) is 10.9. The molecule has 0 heterocycles. The van der Waals surface area contributed by atoms with Crippen LogP contribution in [0.1, 0.15) is 19.4 Å². The topological polar surface area (TPSA) is 72.8 Å². The molecule has 1 N–H and O–H groups in total. The summed E-state index contributed by atoms with van der Waals surface area (Å²) in [5.74, 6) is -2.46. The number of rotatable bonds is 5. The van der Waals surface area contributed by atoms with Crippen LogP contribution in [0.15, 0.2) is 36.1 Å². The molecule has 0 spiro atoms. The summed E-state index contributed by atoms with van der Waals surface area (Å²) in [6.07, 6.45) is 0. The van der Waals surface area contributed by atoms with Gasteiger partial charge in [-0.15, -0.1) is 0 Å². The Labute approximate surface area is 111 Å². The summed E-state index contributed by atoms with van der Waals surface area (Å²) in [5, 5.41) is 9.86. The fourth-order valence-electron chi connectivity index (χ4n) is 1.46. The van der Waals surface area contributed by atoms with Crippen molar-refractivity contribution in [2.75, 3.05) is 13.2 Å². The van der Waals surface area contributed by atoms with Gasteiger partial charge in [-0.3, -0.25) is 0 Å². The highest BCUT2D eigenvalue weighted by molar-refractivity contribution is 6.21. The quantitative estimate of drug-likeness (QED) is 0.501. The minimum absolute atomic E-state index is 0.105. The van der Waals surface area contributed by atoms with Gasteiger partial charge in [-0.1, -0.05) is 30.3 Å². The van der Waals surface area contributed by atoms with Gasteiger partial charge in [0.2, 0.25) is 5.76 Å². The highest BCUT2D eigenvalue weighted by Crippen LogP contribution is 2.20. The van der Waals surface area contributed by atoms with E-state index in [4.69, 9.17) is 4.74 Å². The molecule has 0 radical (unpaired) electrons. The smallest absolute Gasteiger partial charge is 0.374 e. The second kappa shape index (κ2) is 7.20. The lowest BCUT2D eigenvalue weighted by atomic mass is 10.0. The molecule has 1 aromatic rings. The van der Waals surface area contributed by atoms with Gasteiger partial charge in [0.15, 0.2) is 0 Å². The Morgan fingerprint density at radius 2 is 1.53 bits per heavy atom. The molecule has 1 rings (SSSR count). The first-order valence-corrected chi connectivity index (χ1v) is 5.94. The highest BCUT2D eigenvalue weighted by Gasteiger charge is 2.24. The van der Waals surface area contributed by atoms with Crippen LogP contribution >= 0.6 is 0 Å². The first kappa shape index (κ1) is 14.8. The maximum atomic E-state index is 11.8. The lowest BCUT2D eigenvalue weighted by Crippen LogP contribution is -2.15. The number of carbonyl (C=O) groups is 2. The average Bonchev–Trinajstić information content (AvgIpc) is 2.40. The van der Waals surface area contributed by atoms with Crippen molar-refractivity contribution < 1.29 is 24.2 Å². The Morgan fingerprint density at radius 3 is 2.05 bits per heavy atom. The Hall–Kier alpha value is -2.30. The Kier molecular flexibility index (Phi) is 5.60. The predicted octanol–water partition coefficient (Wildman–Crippen LogP) is 2.08. The van der Waals surface area contributed by atoms with E-state index < -0.39 is 17.7 Å². The third-order valence-corrected chi connectivity index (χ3v) is 2.25. The van der Waals surface area contributed by atoms with Crippen LogP contribution in [0.2, 0.25) is 0 Å². The number of carbonyl (C=O) groups excluding carboxylic acids is 2. The minimum Gasteiger partial charge on any atom is -0.501 e. The highest BCUT2D eigenvalue weighted by atomic mass is 16.5. The van der Waals surface area contributed by atoms with E-state index in [1.165, 1.54) is 0 Å². The molecule has 0 amide bonds. The normalized spacial score (nSPS) is 11.5. The van der Waals surface area contributed by atoms with Crippen LogP contribution in [0.5, 0.6) is 0 Å². The third-order valence-electron chi connectivity index (χ3n) is 2.25. The molecule has 0 aliphatic heterocycles. The predicted molar refractivity (Wildman–Crippen MR) is 69.3 cm³/mol. The van der Waals surface area contributed by atoms with E-state index >= 15 is 0 Å². The van der Waals surface area contributed by atoms with Crippen molar-refractivity contribution >= 4 is 17.5 Å². The van der Waals surface area contributed by atoms with Crippen molar-refractivity contribution in [2.45, 2.75) is 13.8 Å². The molecule has 19 heavy (non-hydrogen) atoms. The summed E-state index contributed by atoms with van der Waals surface area (Å²) in [7, 11) is 0. The Bertz CT molecular complexity index is 476. The van der Waals surface area contributed by atoms with Crippen LogP contribution in [0.3, 0.4) is 0 Å². The molecular weight excluding hydrogens is 248 g/mol. The van der Waals surface area contributed by atoms with E-state index in [0.717, 1.165) is 0 Å². The molecule has 0 unspecified atom stereocenters. The van der Waals surface area contributed by atoms with Crippen LogP contribution in [0, 0.1) is 0 Å². The van der Waals surface area contributed by atoms with Crippen molar-refractivity contribution in [1.82, 2.24) is 0 Å². The van der Waals surface area contributed by atoms with Gasteiger partial charge in [0.1, 0.15) is 5.57 Å². The summed E-state index contributed by atoms with van der Waals surface area (Å²) in [6, 6.07) is 8.33. The number of hydrogen-bond acceptors (Lipinski definition) is 5. The van der Waals surface area contributed by atoms with Gasteiger partial charge in [0, 0.05) is 0 Å². The van der Waals surface area contributed by atoms with E-state index in [0.29, 0.717) is 5.56 Å². The fourth-order valence-corrected chi connectivity index (χ4v) is 1.46.